The zero-order valence-electron chi connectivity index (χ0n) is 8.83. The Morgan fingerprint density at radius 2 is 1.79 bits per heavy atom. The second-order valence-electron chi connectivity index (χ2n) is 3.34. The molecule has 14 heavy (non-hydrogen) atoms. The fourth-order valence-electron chi connectivity index (χ4n) is 1.36. The zero-order valence-corrected chi connectivity index (χ0v) is 8.83. The molecule has 1 aromatic carbocycles. The number of benzene rings is 1. The molecule has 1 rings (SSSR count). The van der Waals surface area contributed by atoms with Gasteiger partial charge in [0.15, 0.2) is 0 Å². The van der Waals surface area contributed by atoms with Crippen molar-refractivity contribution in [2.75, 3.05) is 0 Å². The molecule has 0 saturated carbocycles. The van der Waals surface area contributed by atoms with Crippen molar-refractivity contribution in [3.05, 3.63) is 66.3 Å². The minimum Gasteiger partial charge on any atom is -0.0991 e. The van der Waals surface area contributed by atoms with Gasteiger partial charge in [0, 0.05) is 0 Å². The van der Waals surface area contributed by atoms with Crippen LogP contribution in [0.1, 0.15) is 19.4 Å². The zero-order chi connectivity index (χ0) is 10.4. The summed E-state index contributed by atoms with van der Waals surface area (Å²) in [4.78, 5) is 0. The van der Waals surface area contributed by atoms with E-state index in [2.05, 4.69) is 50.8 Å². The average molecular weight is 184 g/mol. The van der Waals surface area contributed by atoms with Crippen molar-refractivity contribution in [1.29, 1.82) is 0 Å². The first-order valence-electron chi connectivity index (χ1n) is 4.77. The third-order valence-electron chi connectivity index (χ3n) is 2.05. The summed E-state index contributed by atoms with van der Waals surface area (Å²) in [6.45, 7) is 7.87. The van der Waals surface area contributed by atoms with Crippen LogP contribution in [0.4, 0.5) is 0 Å². The van der Waals surface area contributed by atoms with Gasteiger partial charge in [-0.1, -0.05) is 60.7 Å². The molecule has 0 aliphatic rings. The second kappa shape index (κ2) is 5.23. The Morgan fingerprint density at radius 1 is 1.14 bits per heavy atom. The maximum Gasteiger partial charge on any atom is -0.0227 e. The van der Waals surface area contributed by atoms with Crippen molar-refractivity contribution in [2.24, 2.45) is 0 Å². The molecule has 0 atom stereocenters. The first-order chi connectivity index (χ1) is 6.74. The van der Waals surface area contributed by atoms with Crippen molar-refractivity contribution in [3.8, 4) is 0 Å². The minimum atomic E-state index is 1.22. The van der Waals surface area contributed by atoms with Gasteiger partial charge < -0.3 is 0 Å². The van der Waals surface area contributed by atoms with Crippen LogP contribution < -0.4 is 0 Å². The highest BCUT2D eigenvalue weighted by molar-refractivity contribution is 5.66. The van der Waals surface area contributed by atoms with E-state index >= 15 is 0 Å². The van der Waals surface area contributed by atoms with Gasteiger partial charge in [0.2, 0.25) is 0 Å². The lowest BCUT2D eigenvalue weighted by Gasteiger charge is -2.00. The summed E-state index contributed by atoms with van der Waals surface area (Å²) in [6.07, 6.45) is 5.98. The van der Waals surface area contributed by atoms with Crippen LogP contribution in [-0.2, 0) is 0 Å². The standard InChI is InChI=1S/C14H16/c1-4-8-12(2)11-13(3)14-9-6-5-7-10-14/h4-11H,1H2,2-3H3/b12-8+,13-11+. The quantitative estimate of drug-likeness (QED) is 0.617. The van der Waals surface area contributed by atoms with E-state index in [1.165, 1.54) is 16.7 Å². The number of rotatable bonds is 3. The molecule has 0 unspecified atom stereocenters. The minimum absolute atomic E-state index is 1.22. The maximum atomic E-state index is 3.68. The molecule has 0 radical (unpaired) electrons. The normalized spacial score (nSPS) is 12.7. The van der Waals surface area contributed by atoms with Gasteiger partial charge in [-0.2, -0.15) is 0 Å². The molecule has 0 N–H and O–H groups in total. The smallest absolute Gasteiger partial charge is 0.0227 e. The van der Waals surface area contributed by atoms with Crippen LogP contribution in [-0.4, -0.2) is 0 Å². The van der Waals surface area contributed by atoms with E-state index < -0.39 is 0 Å². The Labute approximate surface area is 86.3 Å². The molecular formula is C14H16. The summed E-state index contributed by atoms with van der Waals surface area (Å²) >= 11 is 0. The molecule has 0 saturated heterocycles. The first kappa shape index (κ1) is 10.5. The number of hydrogen-bond acceptors (Lipinski definition) is 0. The van der Waals surface area contributed by atoms with Crippen LogP contribution in [0, 0.1) is 0 Å². The average Bonchev–Trinajstić information content (AvgIpc) is 2.19. The predicted octanol–water partition coefficient (Wildman–Crippen LogP) is 4.22. The van der Waals surface area contributed by atoms with E-state index in [9.17, 15) is 0 Å². The van der Waals surface area contributed by atoms with Gasteiger partial charge in [-0.05, 0) is 25.0 Å². The summed E-state index contributed by atoms with van der Waals surface area (Å²) in [5.74, 6) is 0. The summed E-state index contributed by atoms with van der Waals surface area (Å²) in [5, 5.41) is 0. The molecule has 0 aliphatic carbocycles. The van der Waals surface area contributed by atoms with Gasteiger partial charge in [0.1, 0.15) is 0 Å². The van der Waals surface area contributed by atoms with Crippen molar-refractivity contribution in [1.82, 2.24) is 0 Å². The van der Waals surface area contributed by atoms with Crippen LogP contribution in [0.2, 0.25) is 0 Å². The Bertz CT molecular complexity index is 353. The molecule has 0 aromatic heterocycles. The van der Waals surface area contributed by atoms with Gasteiger partial charge in [-0.25, -0.2) is 0 Å². The second-order valence-corrected chi connectivity index (χ2v) is 3.34. The molecule has 0 spiro atoms. The lowest BCUT2D eigenvalue weighted by Crippen LogP contribution is -1.78. The topological polar surface area (TPSA) is 0 Å². The highest BCUT2D eigenvalue weighted by Gasteiger charge is 1.92. The van der Waals surface area contributed by atoms with Gasteiger partial charge in [0.25, 0.3) is 0 Å². The van der Waals surface area contributed by atoms with Crippen LogP contribution >= 0.6 is 0 Å². The van der Waals surface area contributed by atoms with Crippen molar-refractivity contribution < 1.29 is 0 Å². The molecule has 0 heteroatoms. The first-order valence-corrected chi connectivity index (χ1v) is 4.77. The molecule has 0 heterocycles. The van der Waals surface area contributed by atoms with E-state index in [0.717, 1.165) is 0 Å². The van der Waals surface area contributed by atoms with Crippen molar-refractivity contribution in [3.63, 3.8) is 0 Å². The molecular weight excluding hydrogens is 168 g/mol. The Hall–Kier alpha value is -1.56. The maximum absolute atomic E-state index is 3.68. The van der Waals surface area contributed by atoms with Crippen molar-refractivity contribution >= 4 is 5.57 Å². The van der Waals surface area contributed by atoms with E-state index in [4.69, 9.17) is 0 Å². The summed E-state index contributed by atoms with van der Waals surface area (Å²) in [5.41, 5.74) is 3.77. The van der Waals surface area contributed by atoms with Gasteiger partial charge in [0.05, 0.1) is 0 Å². The van der Waals surface area contributed by atoms with Gasteiger partial charge in [-0.3, -0.25) is 0 Å². The molecule has 0 aliphatic heterocycles. The molecule has 0 amide bonds. The van der Waals surface area contributed by atoms with E-state index in [-0.39, 0.29) is 0 Å². The lowest BCUT2D eigenvalue weighted by molar-refractivity contribution is 1.49. The van der Waals surface area contributed by atoms with E-state index in [0.29, 0.717) is 0 Å². The monoisotopic (exact) mass is 184 g/mol. The molecule has 1 aromatic rings. The Balaban J connectivity index is 2.90. The van der Waals surface area contributed by atoms with Crippen molar-refractivity contribution in [2.45, 2.75) is 13.8 Å². The molecule has 0 nitrogen and oxygen atoms in total. The fraction of sp³-hybridized carbons (Fsp3) is 0.143. The van der Waals surface area contributed by atoms with E-state index in [1.54, 1.807) is 0 Å². The van der Waals surface area contributed by atoms with Crippen LogP contribution in [0.5, 0.6) is 0 Å². The SMILES string of the molecule is C=C/C=C(C)/C=C(\C)c1ccccc1. The molecule has 0 bridgehead atoms. The molecule has 72 valence electrons. The Kier molecular flexibility index (Phi) is 3.93. The number of hydrogen-bond donors (Lipinski definition) is 0. The third kappa shape index (κ3) is 3.06. The number of allylic oxidation sites excluding steroid dienone is 5. The fourth-order valence-corrected chi connectivity index (χ4v) is 1.36. The van der Waals surface area contributed by atoms with Crippen LogP contribution in [0.25, 0.3) is 5.57 Å². The van der Waals surface area contributed by atoms with Crippen LogP contribution in [0.3, 0.4) is 0 Å². The highest BCUT2D eigenvalue weighted by Crippen LogP contribution is 2.14. The third-order valence-corrected chi connectivity index (χ3v) is 2.05. The summed E-state index contributed by atoms with van der Waals surface area (Å²) in [6, 6.07) is 10.4. The Morgan fingerprint density at radius 3 is 2.36 bits per heavy atom. The summed E-state index contributed by atoms with van der Waals surface area (Å²) in [7, 11) is 0. The lowest BCUT2D eigenvalue weighted by atomic mass is 10.1. The van der Waals surface area contributed by atoms with Crippen LogP contribution in [0.15, 0.2) is 60.7 Å². The van der Waals surface area contributed by atoms with E-state index in [1.807, 2.05) is 18.2 Å². The summed E-state index contributed by atoms with van der Waals surface area (Å²) < 4.78 is 0. The van der Waals surface area contributed by atoms with Gasteiger partial charge >= 0.3 is 0 Å². The largest absolute Gasteiger partial charge is 0.0991 e. The van der Waals surface area contributed by atoms with Gasteiger partial charge in [-0.15, -0.1) is 0 Å². The highest BCUT2D eigenvalue weighted by atomic mass is 14.0. The molecule has 0 fully saturated rings. The predicted molar refractivity (Wildman–Crippen MR) is 64.0 cm³/mol.